The minimum atomic E-state index is -0.245. The van der Waals surface area contributed by atoms with Gasteiger partial charge in [0.15, 0.2) is 0 Å². The maximum absolute atomic E-state index is 7.27. The molecule has 0 amide bonds. The molecular weight excluding hydrogens is 749 g/mol. The molecule has 0 atom stereocenters. The summed E-state index contributed by atoms with van der Waals surface area (Å²) < 4.78 is 28.9. The predicted octanol–water partition coefficient (Wildman–Crippen LogP) is 11.8. The minimum Gasteiger partial charge on any atom is -0.456 e. The molecule has 0 saturated carbocycles. The van der Waals surface area contributed by atoms with Gasteiger partial charge in [-0.2, -0.15) is 0 Å². The van der Waals surface area contributed by atoms with Crippen LogP contribution in [0.25, 0.3) is 82.5 Å². The van der Waals surface area contributed by atoms with Gasteiger partial charge in [-0.05, 0) is 72.8 Å². The van der Waals surface area contributed by atoms with Crippen LogP contribution in [0.1, 0.15) is 0 Å². The molecule has 15 rings (SSSR count). The predicted molar refractivity (Wildman–Crippen MR) is 247 cm³/mol. The quantitative estimate of drug-likeness (QED) is 0.168. The molecule has 0 N–H and O–H groups in total. The summed E-state index contributed by atoms with van der Waals surface area (Å²) in [6.07, 6.45) is 0. The lowest BCUT2D eigenvalue weighted by Crippen LogP contribution is -2.60. The Kier molecular flexibility index (Phi) is 5.90. The maximum atomic E-state index is 7.27. The summed E-state index contributed by atoms with van der Waals surface area (Å²) in [6.45, 7) is -0.245. The van der Waals surface area contributed by atoms with Gasteiger partial charge >= 0.3 is 0 Å². The van der Waals surface area contributed by atoms with Crippen molar-refractivity contribution in [1.82, 2.24) is 13.7 Å². The van der Waals surface area contributed by atoms with E-state index in [1.54, 1.807) is 0 Å². The van der Waals surface area contributed by atoms with E-state index < -0.39 is 0 Å². The number of ether oxygens (including phenoxy) is 3. The molecule has 0 fully saturated rings. The number of para-hydroxylation sites is 6. The van der Waals surface area contributed by atoms with E-state index in [2.05, 4.69) is 196 Å². The summed E-state index contributed by atoms with van der Waals surface area (Å²) in [4.78, 5) is 0. The Morgan fingerprint density at radius 2 is 0.492 bits per heavy atom. The fourth-order valence-corrected chi connectivity index (χ4v) is 11.0. The maximum Gasteiger partial charge on any atom is 0.270 e. The van der Waals surface area contributed by atoms with Gasteiger partial charge in [-0.25, -0.2) is 0 Å². The van der Waals surface area contributed by atoms with Gasteiger partial charge in [-0.1, -0.05) is 109 Å². The fourth-order valence-electron chi connectivity index (χ4n) is 11.0. The van der Waals surface area contributed by atoms with Crippen molar-refractivity contribution >= 4 is 88.5 Å². The topological polar surface area (TPSA) is 42.5 Å². The van der Waals surface area contributed by atoms with Crippen molar-refractivity contribution < 1.29 is 14.2 Å². The minimum absolute atomic E-state index is 0.245. The van der Waals surface area contributed by atoms with Crippen molar-refractivity contribution in [3.63, 3.8) is 0 Å². The number of benzene rings is 9. The molecule has 0 spiro atoms. The first-order valence-electron chi connectivity index (χ1n) is 20.8. The fraction of sp³-hybridized carbons (Fsp3) is 0. The van der Waals surface area contributed by atoms with Crippen LogP contribution in [-0.4, -0.2) is 20.4 Å². The Labute approximate surface area is 348 Å². The van der Waals surface area contributed by atoms with Crippen LogP contribution in [0.4, 0.5) is 0 Å². The first-order valence-corrected chi connectivity index (χ1v) is 20.8. The SMILES string of the molecule is c1ccc2c(c1)c1ccccc1n2-c1ccc2c3c1Oc1ccc(-n4c5ccccc5c5ccccc54)c4c1B3c1c(ccc(-n3c5ccccc5c5ccccc53)c1O2)O4. The van der Waals surface area contributed by atoms with E-state index in [0.29, 0.717) is 0 Å². The Bertz CT molecular complexity index is 3380. The van der Waals surface area contributed by atoms with Gasteiger partial charge in [0.25, 0.3) is 6.71 Å². The second-order valence-corrected chi connectivity index (χ2v) is 16.3. The smallest absolute Gasteiger partial charge is 0.270 e. The highest BCUT2D eigenvalue weighted by Gasteiger charge is 2.49. The summed E-state index contributed by atoms with van der Waals surface area (Å²) in [6, 6.07) is 64.7. The molecule has 0 unspecified atom stereocenters. The van der Waals surface area contributed by atoms with Crippen LogP contribution in [0.15, 0.2) is 182 Å². The molecule has 6 nitrogen and oxygen atoms in total. The number of aromatic nitrogens is 3. The molecule has 3 aliphatic heterocycles. The largest absolute Gasteiger partial charge is 0.456 e. The Hall–Kier alpha value is -8.16. The molecule has 12 aromatic rings. The van der Waals surface area contributed by atoms with Crippen LogP contribution in [0.5, 0.6) is 34.5 Å². The highest BCUT2D eigenvalue weighted by Crippen LogP contribution is 2.49. The highest BCUT2D eigenvalue weighted by molar-refractivity contribution is 6.99. The van der Waals surface area contributed by atoms with Crippen molar-refractivity contribution in [2.24, 2.45) is 0 Å². The van der Waals surface area contributed by atoms with E-state index >= 15 is 0 Å². The zero-order valence-electron chi connectivity index (χ0n) is 32.5. The van der Waals surface area contributed by atoms with E-state index in [0.717, 1.165) is 101 Å². The Balaban J connectivity index is 1.05. The summed E-state index contributed by atoms with van der Waals surface area (Å²) in [7, 11) is 0. The van der Waals surface area contributed by atoms with Crippen LogP contribution >= 0.6 is 0 Å². The molecule has 282 valence electrons. The summed E-state index contributed by atoms with van der Waals surface area (Å²) in [5.41, 5.74) is 12.6. The van der Waals surface area contributed by atoms with Crippen LogP contribution in [0.3, 0.4) is 0 Å². The van der Waals surface area contributed by atoms with Crippen LogP contribution in [-0.2, 0) is 0 Å². The molecule has 3 aromatic heterocycles. The number of hydrogen-bond acceptors (Lipinski definition) is 3. The lowest BCUT2D eigenvalue weighted by molar-refractivity contribution is 0.440. The van der Waals surface area contributed by atoms with Gasteiger partial charge in [0.1, 0.15) is 34.5 Å². The third-order valence-corrected chi connectivity index (χ3v) is 13.4. The zero-order valence-corrected chi connectivity index (χ0v) is 32.5. The van der Waals surface area contributed by atoms with Gasteiger partial charge in [0, 0.05) is 48.7 Å². The van der Waals surface area contributed by atoms with Gasteiger partial charge in [-0.3, -0.25) is 0 Å². The monoisotopic (exact) mass is 779 g/mol. The van der Waals surface area contributed by atoms with E-state index in [-0.39, 0.29) is 6.71 Å². The molecule has 3 aliphatic rings. The van der Waals surface area contributed by atoms with Crippen molar-refractivity contribution in [2.45, 2.75) is 0 Å². The first kappa shape index (κ1) is 31.8. The van der Waals surface area contributed by atoms with Crippen LogP contribution in [0.2, 0.25) is 0 Å². The number of fused-ring (bicyclic) bond motifs is 9. The molecule has 6 heterocycles. The summed E-state index contributed by atoms with van der Waals surface area (Å²) in [5.74, 6) is 4.69. The number of hydrogen-bond donors (Lipinski definition) is 0. The van der Waals surface area contributed by atoms with E-state index in [1.165, 1.54) is 32.3 Å². The van der Waals surface area contributed by atoms with Crippen LogP contribution < -0.4 is 30.6 Å². The summed E-state index contributed by atoms with van der Waals surface area (Å²) >= 11 is 0. The van der Waals surface area contributed by atoms with Gasteiger partial charge < -0.3 is 27.9 Å². The number of nitrogens with zero attached hydrogens (tertiary/aromatic N) is 3. The van der Waals surface area contributed by atoms with Gasteiger partial charge in [0.2, 0.25) is 0 Å². The second-order valence-electron chi connectivity index (χ2n) is 16.3. The Morgan fingerprint density at radius 3 is 0.738 bits per heavy atom. The molecule has 9 aromatic carbocycles. The summed E-state index contributed by atoms with van der Waals surface area (Å²) in [5, 5.41) is 7.18. The molecular formula is C54H30BN3O3. The van der Waals surface area contributed by atoms with Crippen LogP contribution in [0, 0.1) is 0 Å². The van der Waals surface area contributed by atoms with Crippen molar-refractivity contribution in [3.05, 3.63) is 182 Å². The normalized spacial score (nSPS) is 13.3. The standard InChI is InChI=1S/C54H30BN3O3/c1-7-19-37-31(13-1)32-14-2-8-20-38(32)56(37)43-25-28-46-49-52(43)59-47-29-26-44(57-39-21-9-3-15-33(39)34-16-4-10-22-40(34)57)53-50(47)55(49)51-48(61-53)30-27-45(54(51)60-46)58-41-23-11-5-17-35(41)36-18-6-12-24-42(36)58/h1-30H. The molecule has 0 saturated heterocycles. The first-order chi connectivity index (χ1) is 30.3. The molecule has 61 heavy (non-hydrogen) atoms. The molecule has 0 aliphatic carbocycles. The average molecular weight is 780 g/mol. The number of rotatable bonds is 3. The average Bonchev–Trinajstić information content (AvgIpc) is 3.95. The second kappa shape index (κ2) is 11.3. The van der Waals surface area contributed by atoms with Gasteiger partial charge in [-0.15, -0.1) is 0 Å². The Morgan fingerprint density at radius 1 is 0.262 bits per heavy atom. The van der Waals surface area contributed by atoms with Crippen molar-refractivity contribution in [3.8, 4) is 51.6 Å². The third kappa shape index (κ3) is 3.94. The van der Waals surface area contributed by atoms with Gasteiger partial charge in [0.05, 0.1) is 50.2 Å². The molecule has 7 heteroatoms. The zero-order chi connectivity index (χ0) is 39.5. The lowest BCUT2D eigenvalue weighted by Gasteiger charge is -2.39. The van der Waals surface area contributed by atoms with E-state index in [4.69, 9.17) is 14.2 Å². The highest BCUT2D eigenvalue weighted by atomic mass is 16.5. The third-order valence-electron chi connectivity index (χ3n) is 13.4. The molecule has 0 bridgehead atoms. The van der Waals surface area contributed by atoms with Crippen molar-refractivity contribution in [2.75, 3.05) is 0 Å². The molecule has 0 radical (unpaired) electrons. The van der Waals surface area contributed by atoms with E-state index in [1.807, 2.05) is 0 Å². The lowest BCUT2D eigenvalue weighted by atomic mass is 9.33. The van der Waals surface area contributed by atoms with E-state index in [9.17, 15) is 0 Å². The van der Waals surface area contributed by atoms with Crippen molar-refractivity contribution in [1.29, 1.82) is 0 Å².